The Bertz CT molecular complexity index is 1050. The van der Waals surface area contributed by atoms with E-state index in [2.05, 4.69) is 14.8 Å². The molecule has 0 unspecified atom stereocenters. The van der Waals surface area contributed by atoms with Gasteiger partial charge in [0.15, 0.2) is 10.1 Å². The molecule has 0 bridgehead atoms. The van der Waals surface area contributed by atoms with Gasteiger partial charge >= 0.3 is 0 Å². The molecule has 1 aliphatic rings. The molecule has 3 heterocycles. The first kappa shape index (κ1) is 20.9. The number of aryl methyl sites for hydroxylation is 1. The summed E-state index contributed by atoms with van der Waals surface area (Å²) in [5.74, 6) is 1.27. The molecule has 0 N–H and O–H groups in total. The van der Waals surface area contributed by atoms with Crippen molar-refractivity contribution in [1.29, 1.82) is 0 Å². The third kappa shape index (κ3) is 4.37. The van der Waals surface area contributed by atoms with Crippen LogP contribution in [0.5, 0.6) is 0 Å². The molecule has 1 saturated carbocycles. The van der Waals surface area contributed by atoms with Gasteiger partial charge < -0.3 is 8.98 Å². The Morgan fingerprint density at radius 1 is 1.33 bits per heavy atom. The largest absolute Gasteiger partial charge is 0.467 e. The zero-order valence-corrected chi connectivity index (χ0v) is 18.9. The lowest BCUT2D eigenvalue weighted by molar-refractivity contribution is -0.118. The van der Waals surface area contributed by atoms with E-state index >= 15 is 0 Å². The van der Waals surface area contributed by atoms with Crippen LogP contribution in [0.1, 0.15) is 53.7 Å². The maximum Gasteiger partial charge on any atom is 0.228 e. The average molecular weight is 445 g/mol. The maximum absolute atomic E-state index is 12.9. The van der Waals surface area contributed by atoms with Crippen molar-refractivity contribution in [3.8, 4) is 0 Å². The number of aromatic nitrogens is 3. The Balaban J connectivity index is 1.42. The molecular weight excluding hydrogens is 420 g/mol. The third-order valence-electron chi connectivity index (χ3n) is 5.18. The van der Waals surface area contributed by atoms with Crippen LogP contribution in [0.2, 0.25) is 0 Å². The molecule has 158 valence electrons. The van der Waals surface area contributed by atoms with E-state index in [9.17, 15) is 9.59 Å². The number of Topliss-reactive ketones (excluding diaryl/α,β-unsaturated/α-hetero) is 1. The van der Waals surface area contributed by atoms with E-state index in [1.807, 2.05) is 39.0 Å². The van der Waals surface area contributed by atoms with Gasteiger partial charge in [-0.2, -0.15) is 0 Å². The fourth-order valence-electron chi connectivity index (χ4n) is 3.42. The molecule has 0 atom stereocenters. The Morgan fingerprint density at radius 3 is 2.80 bits per heavy atom. The molecule has 1 fully saturated rings. The molecule has 4 rings (SSSR count). The van der Waals surface area contributed by atoms with Crippen LogP contribution in [0, 0.1) is 13.8 Å². The number of thioether (sulfide) groups is 1. The summed E-state index contributed by atoms with van der Waals surface area (Å²) in [6.45, 7) is 6.41. The van der Waals surface area contributed by atoms with Crippen LogP contribution in [-0.4, -0.2) is 38.2 Å². The monoisotopic (exact) mass is 444 g/mol. The van der Waals surface area contributed by atoms with Crippen LogP contribution in [0.25, 0.3) is 0 Å². The lowest BCUT2D eigenvalue weighted by atomic mass is 10.2. The molecule has 30 heavy (non-hydrogen) atoms. The molecule has 7 nitrogen and oxygen atoms in total. The summed E-state index contributed by atoms with van der Waals surface area (Å²) in [6, 6.07) is 5.98. The van der Waals surface area contributed by atoms with Crippen LogP contribution < -0.4 is 4.90 Å². The van der Waals surface area contributed by atoms with Gasteiger partial charge in [0.2, 0.25) is 11.0 Å². The predicted octanol–water partition coefficient (Wildman–Crippen LogP) is 4.48. The van der Waals surface area contributed by atoms with Gasteiger partial charge in [-0.15, -0.1) is 10.2 Å². The summed E-state index contributed by atoms with van der Waals surface area (Å²) in [4.78, 5) is 26.9. The SMILES string of the molecule is CCC(=O)N(c1nnc(SCC(=O)c2cc(C)n(Cc3ccco3)c2C)s1)C1CC1. The van der Waals surface area contributed by atoms with Crippen molar-refractivity contribution in [3.05, 3.63) is 47.2 Å². The van der Waals surface area contributed by atoms with E-state index in [0.717, 1.165) is 35.6 Å². The maximum atomic E-state index is 12.9. The number of anilines is 1. The zero-order valence-electron chi connectivity index (χ0n) is 17.3. The number of carbonyl (C=O) groups is 2. The minimum absolute atomic E-state index is 0.0548. The molecule has 1 aliphatic carbocycles. The number of carbonyl (C=O) groups excluding carboxylic acids is 2. The van der Waals surface area contributed by atoms with Gasteiger partial charge in [0.05, 0.1) is 18.6 Å². The van der Waals surface area contributed by atoms with Crippen LogP contribution in [0.3, 0.4) is 0 Å². The molecule has 0 spiro atoms. The van der Waals surface area contributed by atoms with Crippen LogP contribution in [-0.2, 0) is 11.3 Å². The Labute approximate surface area is 183 Å². The summed E-state index contributed by atoms with van der Waals surface area (Å²) in [5.41, 5.74) is 2.67. The quantitative estimate of drug-likeness (QED) is 0.275. The first-order chi connectivity index (χ1) is 14.5. The van der Waals surface area contributed by atoms with Gasteiger partial charge in [-0.05, 0) is 44.9 Å². The first-order valence-electron chi connectivity index (χ1n) is 9.98. The zero-order chi connectivity index (χ0) is 21.3. The van der Waals surface area contributed by atoms with Gasteiger partial charge in [-0.25, -0.2) is 0 Å². The Kier molecular flexibility index (Phi) is 6.10. The smallest absolute Gasteiger partial charge is 0.228 e. The molecule has 1 amide bonds. The molecule has 3 aromatic heterocycles. The average Bonchev–Trinajstić information content (AvgIpc) is 3.13. The van der Waals surface area contributed by atoms with E-state index < -0.39 is 0 Å². The fraction of sp³-hybridized carbons (Fsp3) is 0.429. The predicted molar refractivity (Wildman–Crippen MR) is 117 cm³/mol. The number of amides is 1. The van der Waals surface area contributed by atoms with Gasteiger partial charge in [-0.1, -0.05) is 30.0 Å². The molecule has 0 saturated heterocycles. The van der Waals surface area contributed by atoms with Crippen molar-refractivity contribution < 1.29 is 14.0 Å². The van der Waals surface area contributed by atoms with Crippen molar-refractivity contribution in [3.63, 3.8) is 0 Å². The highest BCUT2D eigenvalue weighted by Gasteiger charge is 2.35. The second kappa shape index (κ2) is 8.77. The summed E-state index contributed by atoms with van der Waals surface area (Å²) in [6.07, 6.45) is 4.13. The van der Waals surface area contributed by atoms with Crippen molar-refractivity contribution in [2.45, 2.75) is 57.0 Å². The fourth-order valence-corrected chi connectivity index (χ4v) is 5.23. The van der Waals surface area contributed by atoms with E-state index in [0.29, 0.717) is 22.4 Å². The molecule has 0 aromatic carbocycles. The summed E-state index contributed by atoms with van der Waals surface area (Å²) >= 11 is 2.75. The van der Waals surface area contributed by atoms with Crippen molar-refractivity contribution in [2.75, 3.05) is 10.7 Å². The van der Waals surface area contributed by atoms with E-state index in [1.54, 1.807) is 11.2 Å². The molecular formula is C21H24N4O3S2. The normalized spacial score (nSPS) is 13.6. The molecule has 0 radical (unpaired) electrons. The number of nitrogens with zero attached hydrogens (tertiary/aromatic N) is 4. The number of furan rings is 1. The van der Waals surface area contributed by atoms with Crippen molar-refractivity contribution in [2.24, 2.45) is 0 Å². The van der Waals surface area contributed by atoms with Crippen molar-refractivity contribution >= 4 is 39.9 Å². The highest BCUT2D eigenvalue weighted by atomic mass is 32.2. The topological polar surface area (TPSA) is 81.2 Å². The van der Waals surface area contributed by atoms with Gasteiger partial charge in [0, 0.05) is 29.4 Å². The number of ketones is 1. The number of hydrogen-bond donors (Lipinski definition) is 0. The summed E-state index contributed by atoms with van der Waals surface area (Å²) in [5, 5.41) is 9.03. The molecule has 9 heteroatoms. The first-order valence-corrected chi connectivity index (χ1v) is 11.8. The van der Waals surface area contributed by atoms with E-state index in [-0.39, 0.29) is 23.5 Å². The van der Waals surface area contributed by atoms with Gasteiger partial charge in [-0.3, -0.25) is 14.5 Å². The van der Waals surface area contributed by atoms with E-state index in [4.69, 9.17) is 4.42 Å². The second-order valence-corrected chi connectivity index (χ2v) is 9.54. The Hall–Kier alpha value is -2.39. The molecule has 3 aromatic rings. The van der Waals surface area contributed by atoms with Crippen molar-refractivity contribution in [1.82, 2.24) is 14.8 Å². The van der Waals surface area contributed by atoms with E-state index in [1.165, 1.54) is 23.1 Å². The Morgan fingerprint density at radius 2 is 2.13 bits per heavy atom. The summed E-state index contributed by atoms with van der Waals surface area (Å²) in [7, 11) is 0. The highest BCUT2D eigenvalue weighted by molar-refractivity contribution is 8.01. The minimum Gasteiger partial charge on any atom is -0.467 e. The van der Waals surface area contributed by atoms with Crippen LogP contribution >= 0.6 is 23.1 Å². The number of rotatable bonds is 9. The van der Waals surface area contributed by atoms with Crippen LogP contribution in [0.4, 0.5) is 5.13 Å². The summed E-state index contributed by atoms with van der Waals surface area (Å²) < 4.78 is 8.23. The van der Waals surface area contributed by atoms with Gasteiger partial charge in [0.25, 0.3) is 0 Å². The standard InChI is InChI=1S/C21H24N4O3S2/c1-4-19(27)25(15-7-8-15)20-22-23-21(30-20)29-12-18(26)17-10-13(2)24(14(17)3)11-16-6-5-9-28-16/h5-6,9-10,15H,4,7-8,11-12H2,1-3H3. The third-order valence-corrected chi connectivity index (χ3v) is 7.24. The highest BCUT2D eigenvalue weighted by Crippen LogP contribution is 2.36. The van der Waals surface area contributed by atoms with Gasteiger partial charge in [0.1, 0.15) is 5.76 Å². The minimum atomic E-state index is 0.0548. The lowest BCUT2D eigenvalue weighted by Crippen LogP contribution is -2.32. The molecule has 0 aliphatic heterocycles. The second-order valence-electron chi connectivity index (χ2n) is 7.36. The number of hydrogen-bond acceptors (Lipinski definition) is 7. The van der Waals surface area contributed by atoms with Crippen LogP contribution in [0.15, 0.2) is 33.2 Å². The lowest BCUT2D eigenvalue weighted by Gasteiger charge is -2.17.